The van der Waals surface area contributed by atoms with Gasteiger partial charge in [0.15, 0.2) is 0 Å². The Bertz CT molecular complexity index is 1280. The van der Waals surface area contributed by atoms with Crippen molar-refractivity contribution in [3.63, 3.8) is 0 Å². The van der Waals surface area contributed by atoms with Crippen LogP contribution in [-0.4, -0.2) is 45.0 Å². The fourth-order valence-corrected chi connectivity index (χ4v) is 4.43. The van der Waals surface area contributed by atoms with Crippen molar-refractivity contribution in [3.8, 4) is 23.2 Å². The lowest BCUT2D eigenvalue weighted by Gasteiger charge is -2.16. The maximum Gasteiger partial charge on any atom is 0.201 e. The Morgan fingerprint density at radius 3 is 2.76 bits per heavy atom. The van der Waals surface area contributed by atoms with Gasteiger partial charge in [-0.3, -0.25) is 4.79 Å². The van der Waals surface area contributed by atoms with Crippen LogP contribution in [0.25, 0.3) is 22.4 Å². The first-order valence-corrected chi connectivity index (χ1v) is 15.8. The van der Waals surface area contributed by atoms with Gasteiger partial charge in [-0.25, -0.2) is 9.97 Å². The molecule has 0 aromatic carbocycles. The lowest BCUT2D eigenvalue weighted by molar-refractivity contribution is 0.0882. The van der Waals surface area contributed by atoms with E-state index < -0.39 is 14.2 Å². The van der Waals surface area contributed by atoms with Crippen LogP contribution in [0.3, 0.4) is 0 Å². The van der Waals surface area contributed by atoms with Crippen molar-refractivity contribution in [2.45, 2.75) is 71.3 Å². The van der Waals surface area contributed by atoms with E-state index in [-0.39, 0.29) is 5.43 Å². The monoisotopic (exact) mass is 478 g/mol. The van der Waals surface area contributed by atoms with Crippen LogP contribution < -0.4 is 5.43 Å². The van der Waals surface area contributed by atoms with Gasteiger partial charge < -0.3 is 19.0 Å². The highest BCUT2D eigenvalue weighted by Crippen LogP contribution is 2.32. The van der Waals surface area contributed by atoms with Crippen molar-refractivity contribution in [2.75, 3.05) is 6.61 Å². The van der Waals surface area contributed by atoms with Crippen LogP contribution in [0.5, 0.6) is 0 Å². The molecule has 1 aliphatic rings. The van der Waals surface area contributed by atoms with Crippen LogP contribution in [-0.2, 0) is 18.0 Å². The molecule has 0 saturated heterocycles. The fourth-order valence-electron chi connectivity index (χ4n) is 3.67. The number of rotatable bonds is 9. The van der Waals surface area contributed by atoms with Crippen molar-refractivity contribution in [1.29, 1.82) is 0 Å². The SMILES string of the molecule is CCC(O)C#Cc1ccc2c(=O)c(-c3nccn3COCC[Si](C)(C)C)cn(CC3CC3)c2n1. The second-order valence-corrected chi connectivity index (χ2v) is 15.9. The molecule has 3 aromatic heterocycles. The smallest absolute Gasteiger partial charge is 0.201 e. The van der Waals surface area contributed by atoms with Crippen LogP contribution in [0.15, 0.2) is 35.5 Å². The number of aliphatic hydroxyl groups is 1. The van der Waals surface area contributed by atoms with Gasteiger partial charge in [0, 0.05) is 39.8 Å². The normalized spacial score (nSPS) is 14.7. The first-order chi connectivity index (χ1) is 16.2. The highest BCUT2D eigenvalue weighted by atomic mass is 28.3. The van der Waals surface area contributed by atoms with Crippen LogP contribution in [0.2, 0.25) is 25.7 Å². The number of nitrogens with zero attached hydrogens (tertiary/aromatic N) is 4. The Kier molecular flexibility index (Phi) is 7.36. The summed E-state index contributed by atoms with van der Waals surface area (Å²) in [6, 6.07) is 4.63. The maximum atomic E-state index is 13.5. The van der Waals surface area contributed by atoms with Gasteiger partial charge in [0.1, 0.15) is 30.0 Å². The number of aliphatic hydroxyl groups excluding tert-OH is 1. The molecule has 1 atom stereocenters. The molecule has 0 amide bonds. The summed E-state index contributed by atoms with van der Waals surface area (Å²) in [7, 11) is -1.17. The summed E-state index contributed by atoms with van der Waals surface area (Å²) in [6.07, 6.45) is 7.70. The third-order valence-corrected chi connectivity index (χ3v) is 7.71. The van der Waals surface area contributed by atoms with Crippen LogP contribution >= 0.6 is 0 Å². The largest absolute Gasteiger partial charge is 0.380 e. The molecule has 8 heteroatoms. The molecular weight excluding hydrogens is 444 g/mol. The van der Waals surface area contributed by atoms with E-state index in [0.29, 0.717) is 53.8 Å². The summed E-state index contributed by atoms with van der Waals surface area (Å²) in [5, 5.41) is 10.3. The maximum absolute atomic E-state index is 13.5. The molecule has 0 bridgehead atoms. The molecule has 0 radical (unpaired) electrons. The van der Waals surface area contributed by atoms with E-state index in [1.165, 1.54) is 12.8 Å². The minimum atomic E-state index is -1.17. The first-order valence-electron chi connectivity index (χ1n) is 12.1. The Balaban J connectivity index is 1.69. The number of hydrogen-bond acceptors (Lipinski definition) is 5. The molecule has 1 unspecified atom stereocenters. The van der Waals surface area contributed by atoms with Crippen LogP contribution in [0, 0.1) is 17.8 Å². The van der Waals surface area contributed by atoms with Gasteiger partial charge in [0.25, 0.3) is 0 Å². The molecule has 1 aliphatic carbocycles. The first kappa shape index (κ1) is 24.4. The van der Waals surface area contributed by atoms with Crippen molar-refractivity contribution >= 4 is 19.1 Å². The van der Waals surface area contributed by atoms with Gasteiger partial charge in [-0.1, -0.05) is 32.5 Å². The van der Waals surface area contributed by atoms with Crippen LogP contribution in [0.4, 0.5) is 0 Å². The summed E-state index contributed by atoms with van der Waals surface area (Å²) in [5.74, 6) is 6.95. The van der Waals surface area contributed by atoms with Gasteiger partial charge in [-0.2, -0.15) is 0 Å². The molecule has 3 heterocycles. The fraction of sp³-hybridized carbons (Fsp3) is 0.500. The molecule has 0 aliphatic heterocycles. The summed E-state index contributed by atoms with van der Waals surface area (Å²) < 4.78 is 9.88. The predicted molar refractivity (Wildman–Crippen MR) is 137 cm³/mol. The molecule has 0 spiro atoms. The molecule has 1 saturated carbocycles. The van der Waals surface area contributed by atoms with E-state index in [2.05, 4.69) is 46.0 Å². The molecule has 1 fully saturated rings. The quantitative estimate of drug-likeness (QED) is 0.284. The second-order valence-electron chi connectivity index (χ2n) is 10.3. The summed E-state index contributed by atoms with van der Waals surface area (Å²) in [6.45, 7) is 10.7. The van der Waals surface area contributed by atoms with Gasteiger partial charge >= 0.3 is 0 Å². The van der Waals surface area contributed by atoms with Crippen molar-refractivity contribution in [1.82, 2.24) is 19.1 Å². The van der Waals surface area contributed by atoms with E-state index in [4.69, 9.17) is 4.74 Å². The lowest BCUT2D eigenvalue weighted by Crippen LogP contribution is -2.22. The number of aromatic nitrogens is 4. The minimum absolute atomic E-state index is 0.0998. The zero-order valence-electron chi connectivity index (χ0n) is 20.5. The van der Waals surface area contributed by atoms with E-state index in [9.17, 15) is 9.90 Å². The summed E-state index contributed by atoms with van der Waals surface area (Å²) in [5.41, 5.74) is 1.63. The Morgan fingerprint density at radius 2 is 2.06 bits per heavy atom. The molecule has 180 valence electrons. The van der Waals surface area contributed by atoms with E-state index in [1.807, 2.05) is 23.9 Å². The number of ether oxygens (including phenoxy) is 1. The Hall–Kier alpha value is -2.73. The number of imidazole rings is 1. The number of fused-ring (bicyclic) bond motifs is 1. The van der Waals surface area contributed by atoms with E-state index in [1.54, 1.807) is 18.3 Å². The van der Waals surface area contributed by atoms with Gasteiger partial charge in [0.2, 0.25) is 5.43 Å². The van der Waals surface area contributed by atoms with E-state index >= 15 is 0 Å². The molecule has 4 rings (SSSR count). The van der Waals surface area contributed by atoms with Gasteiger partial charge in [0.05, 0.1) is 10.9 Å². The third kappa shape index (κ3) is 6.03. The zero-order valence-corrected chi connectivity index (χ0v) is 21.5. The Labute approximate surface area is 201 Å². The lowest BCUT2D eigenvalue weighted by atomic mass is 10.1. The minimum Gasteiger partial charge on any atom is -0.380 e. The van der Waals surface area contributed by atoms with Crippen molar-refractivity contribution in [3.05, 3.63) is 46.6 Å². The molecule has 1 N–H and O–H groups in total. The predicted octanol–water partition coefficient (Wildman–Crippen LogP) is 4.10. The van der Waals surface area contributed by atoms with E-state index in [0.717, 1.165) is 12.6 Å². The average Bonchev–Trinajstić information content (AvgIpc) is 3.50. The topological polar surface area (TPSA) is 82.2 Å². The van der Waals surface area contributed by atoms with Crippen molar-refractivity contribution < 1.29 is 9.84 Å². The summed E-state index contributed by atoms with van der Waals surface area (Å²) >= 11 is 0. The Morgan fingerprint density at radius 1 is 1.26 bits per heavy atom. The standard InChI is InChI=1S/C26H34N4O3Si/c1-5-21(31)10-8-20-9-11-22-24(32)23(17-30(26(22)28-20)16-19-6-7-19)25-27-12-13-29(25)18-33-14-15-34(2,3)4/h9,11-13,17,19,21,31H,5-7,14-16,18H2,1-4H3. The van der Waals surface area contributed by atoms with Crippen LogP contribution in [0.1, 0.15) is 31.9 Å². The highest BCUT2D eigenvalue weighted by molar-refractivity contribution is 6.76. The molecule has 34 heavy (non-hydrogen) atoms. The highest BCUT2D eigenvalue weighted by Gasteiger charge is 2.24. The number of pyridine rings is 2. The zero-order chi connectivity index (χ0) is 24.3. The third-order valence-electron chi connectivity index (χ3n) is 6.01. The second kappa shape index (κ2) is 10.3. The van der Waals surface area contributed by atoms with Gasteiger partial charge in [-0.15, -0.1) is 0 Å². The molecule has 3 aromatic rings. The summed E-state index contributed by atoms with van der Waals surface area (Å²) in [4.78, 5) is 22.7. The molecular formula is C26H34N4O3Si. The van der Waals surface area contributed by atoms with Crippen molar-refractivity contribution in [2.24, 2.45) is 5.92 Å². The number of hydrogen-bond donors (Lipinski definition) is 1. The van der Waals surface area contributed by atoms with Gasteiger partial charge in [-0.05, 0) is 49.3 Å². The molecule has 7 nitrogen and oxygen atoms in total. The average molecular weight is 479 g/mol.